The lowest BCUT2D eigenvalue weighted by atomic mass is 10.1. The largest absolute Gasteiger partial charge is 0.436 e. The van der Waals surface area contributed by atoms with Gasteiger partial charge in [0, 0.05) is 11.3 Å². The second-order valence-electron chi connectivity index (χ2n) is 6.51. The molecule has 142 valence electrons. The number of oxazole rings is 1. The van der Waals surface area contributed by atoms with Gasteiger partial charge in [0.2, 0.25) is 5.89 Å². The highest BCUT2D eigenvalue weighted by Crippen LogP contribution is 2.27. The van der Waals surface area contributed by atoms with Crippen LogP contribution in [-0.2, 0) is 6.42 Å². The second kappa shape index (κ2) is 7.78. The van der Waals surface area contributed by atoms with Gasteiger partial charge >= 0.3 is 0 Å². The monoisotopic (exact) mass is 401 g/mol. The molecule has 0 saturated carbocycles. The molecular weight excluding hydrogens is 386 g/mol. The standard InChI is InChI=1S/C23H16ClN3O2/c1-2-14-3-6-16(7-4-14)23-27-20-12-17(8-10-21(20)29-23)26-22(28)18-11-15(13-25)5-9-19(18)24/h3-12H,2H2,1H3,(H,26,28). The van der Waals surface area contributed by atoms with Crippen LogP contribution in [0.2, 0.25) is 5.02 Å². The molecule has 1 amide bonds. The Kier molecular flexibility index (Phi) is 5.03. The van der Waals surface area contributed by atoms with E-state index in [0.29, 0.717) is 28.2 Å². The average Bonchev–Trinajstić information content (AvgIpc) is 3.17. The third kappa shape index (κ3) is 3.84. The Morgan fingerprint density at radius 3 is 2.66 bits per heavy atom. The van der Waals surface area contributed by atoms with Crippen LogP contribution < -0.4 is 5.32 Å². The first kappa shape index (κ1) is 18.7. The fourth-order valence-electron chi connectivity index (χ4n) is 2.98. The maximum Gasteiger partial charge on any atom is 0.257 e. The lowest BCUT2D eigenvalue weighted by Crippen LogP contribution is -2.12. The average molecular weight is 402 g/mol. The second-order valence-corrected chi connectivity index (χ2v) is 6.92. The minimum atomic E-state index is -0.398. The summed E-state index contributed by atoms with van der Waals surface area (Å²) in [6.45, 7) is 2.11. The molecule has 1 aromatic heterocycles. The van der Waals surface area contributed by atoms with Gasteiger partial charge in [-0.05, 0) is 60.5 Å². The predicted molar refractivity (Wildman–Crippen MR) is 113 cm³/mol. The first-order valence-electron chi connectivity index (χ1n) is 9.08. The van der Waals surface area contributed by atoms with Gasteiger partial charge in [0.15, 0.2) is 5.58 Å². The van der Waals surface area contributed by atoms with E-state index in [1.165, 1.54) is 17.7 Å². The van der Waals surface area contributed by atoms with Crippen LogP contribution in [-0.4, -0.2) is 10.9 Å². The van der Waals surface area contributed by atoms with Crippen molar-refractivity contribution in [1.29, 1.82) is 5.26 Å². The molecule has 0 spiro atoms. The number of benzene rings is 3. The van der Waals surface area contributed by atoms with E-state index in [9.17, 15) is 4.79 Å². The molecule has 29 heavy (non-hydrogen) atoms. The van der Waals surface area contributed by atoms with E-state index in [4.69, 9.17) is 21.3 Å². The zero-order chi connectivity index (χ0) is 20.4. The summed E-state index contributed by atoms with van der Waals surface area (Å²) in [4.78, 5) is 17.1. The molecule has 0 atom stereocenters. The van der Waals surface area contributed by atoms with E-state index in [0.717, 1.165) is 12.0 Å². The molecule has 0 unspecified atom stereocenters. The van der Waals surface area contributed by atoms with Gasteiger partial charge in [-0.2, -0.15) is 5.26 Å². The molecule has 0 radical (unpaired) electrons. The Labute approximate surface area is 172 Å². The zero-order valence-corrected chi connectivity index (χ0v) is 16.3. The summed E-state index contributed by atoms with van der Waals surface area (Å²) in [5, 5.41) is 12.1. The van der Waals surface area contributed by atoms with Crippen LogP contribution >= 0.6 is 11.6 Å². The number of hydrogen-bond acceptors (Lipinski definition) is 4. The summed E-state index contributed by atoms with van der Waals surface area (Å²) in [6, 6.07) is 19.9. The van der Waals surface area contributed by atoms with Gasteiger partial charge in [-0.15, -0.1) is 0 Å². The molecule has 0 aliphatic carbocycles. The Morgan fingerprint density at radius 1 is 1.14 bits per heavy atom. The first-order valence-corrected chi connectivity index (χ1v) is 9.46. The fraction of sp³-hybridized carbons (Fsp3) is 0.0870. The number of aromatic nitrogens is 1. The Bertz CT molecular complexity index is 1250. The maximum atomic E-state index is 12.6. The van der Waals surface area contributed by atoms with Crippen LogP contribution in [0.3, 0.4) is 0 Å². The summed E-state index contributed by atoms with van der Waals surface area (Å²) in [6.07, 6.45) is 0.970. The number of anilines is 1. The molecule has 0 fully saturated rings. The lowest BCUT2D eigenvalue weighted by molar-refractivity contribution is 0.102. The van der Waals surface area contributed by atoms with Crippen LogP contribution in [0.5, 0.6) is 0 Å². The van der Waals surface area contributed by atoms with Gasteiger partial charge in [-0.3, -0.25) is 4.79 Å². The van der Waals surface area contributed by atoms with E-state index >= 15 is 0 Å². The summed E-state index contributed by atoms with van der Waals surface area (Å²) in [5.74, 6) is 0.126. The SMILES string of the molecule is CCc1ccc(-c2nc3cc(NC(=O)c4cc(C#N)ccc4Cl)ccc3o2)cc1. The molecule has 6 heteroatoms. The van der Waals surface area contributed by atoms with Crippen LogP contribution in [0.15, 0.2) is 65.1 Å². The Balaban J connectivity index is 1.60. The van der Waals surface area contributed by atoms with Gasteiger partial charge in [0.25, 0.3) is 5.91 Å². The molecule has 0 aliphatic heterocycles. The third-order valence-electron chi connectivity index (χ3n) is 4.59. The number of rotatable bonds is 4. The highest BCUT2D eigenvalue weighted by molar-refractivity contribution is 6.34. The summed E-state index contributed by atoms with van der Waals surface area (Å²) in [5.41, 5.74) is 4.56. The number of amides is 1. The molecule has 4 rings (SSSR count). The topological polar surface area (TPSA) is 78.9 Å². The van der Waals surface area contributed by atoms with Gasteiger partial charge in [-0.25, -0.2) is 4.98 Å². The number of carbonyl (C=O) groups excluding carboxylic acids is 1. The number of nitrogens with zero attached hydrogens (tertiary/aromatic N) is 2. The number of nitriles is 1. The molecule has 0 aliphatic rings. The zero-order valence-electron chi connectivity index (χ0n) is 15.6. The number of aryl methyl sites for hydroxylation is 1. The Hall–Kier alpha value is -3.62. The third-order valence-corrected chi connectivity index (χ3v) is 4.92. The molecule has 3 aromatic carbocycles. The number of carbonyl (C=O) groups is 1. The van der Waals surface area contributed by atoms with E-state index in [1.54, 1.807) is 24.3 Å². The van der Waals surface area contributed by atoms with Gasteiger partial charge in [0.05, 0.1) is 22.2 Å². The lowest BCUT2D eigenvalue weighted by Gasteiger charge is -2.07. The van der Waals surface area contributed by atoms with Crippen molar-refractivity contribution < 1.29 is 9.21 Å². The van der Waals surface area contributed by atoms with Crippen LogP contribution in [0.4, 0.5) is 5.69 Å². The molecule has 1 heterocycles. The number of halogens is 1. The molecule has 1 N–H and O–H groups in total. The normalized spacial score (nSPS) is 10.7. The fourth-order valence-corrected chi connectivity index (χ4v) is 3.18. The van der Waals surface area contributed by atoms with Gasteiger partial charge < -0.3 is 9.73 Å². The summed E-state index contributed by atoms with van der Waals surface area (Å²) < 4.78 is 5.84. The number of fused-ring (bicyclic) bond motifs is 1. The number of hydrogen-bond donors (Lipinski definition) is 1. The summed E-state index contributed by atoms with van der Waals surface area (Å²) >= 11 is 6.10. The summed E-state index contributed by atoms with van der Waals surface area (Å²) in [7, 11) is 0. The van der Waals surface area contributed by atoms with Crippen molar-refractivity contribution in [3.63, 3.8) is 0 Å². The first-order chi connectivity index (χ1) is 14.1. The van der Waals surface area contributed by atoms with Gasteiger partial charge in [-0.1, -0.05) is 30.7 Å². The quantitative estimate of drug-likeness (QED) is 0.466. The molecule has 0 saturated heterocycles. The minimum Gasteiger partial charge on any atom is -0.436 e. The number of nitrogens with one attached hydrogen (secondary N) is 1. The molecule has 0 bridgehead atoms. The van der Waals surface area contributed by atoms with Crippen molar-refractivity contribution in [2.24, 2.45) is 0 Å². The predicted octanol–water partition coefficient (Wildman–Crippen LogP) is 5.83. The van der Waals surface area contributed by atoms with Crippen LogP contribution in [0, 0.1) is 11.3 Å². The van der Waals surface area contributed by atoms with E-state index in [1.807, 2.05) is 18.2 Å². The molecule has 5 nitrogen and oxygen atoms in total. The van der Waals surface area contributed by atoms with Crippen molar-refractivity contribution in [3.8, 4) is 17.5 Å². The molecular formula is C23H16ClN3O2. The van der Waals surface area contributed by atoms with Crippen LogP contribution in [0.25, 0.3) is 22.6 Å². The minimum absolute atomic E-state index is 0.239. The molecule has 4 aromatic rings. The van der Waals surface area contributed by atoms with Crippen molar-refractivity contribution in [2.75, 3.05) is 5.32 Å². The van der Waals surface area contributed by atoms with Gasteiger partial charge in [0.1, 0.15) is 5.52 Å². The van der Waals surface area contributed by atoms with E-state index in [2.05, 4.69) is 29.4 Å². The maximum absolute atomic E-state index is 12.6. The van der Waals surface area contributed by atoms with Crippen molar-refractivity contribution in [1.82, 2.24) is 4.98 Å². The highest BCUT2D eigenvalue weighted by atomic mass is 35.5. The Morgan fingerprint density at radius 2 is 1.93 bits per heavy atom. The van der Waals surface area contributed by atoms with E-state index in [-0.39, 0.29) is 10.6 Å². The van der Waals surface area contributed by atoms with Crippen molar-refractivity contribution in [2.45, 2.75) is 13.3 Å². The van der Waals surface area contributed by atoms with E-state index < -0.39 is 5.91 Å². The van der Waals surface area contributed by atoms with Crippen LogP contribution in [0.1, 0.15) is 28.4 Å². The van der Waals surface area contributed by atoms with Crippen molar-refractivity contribution >= 4 is 34.3 Å². The smallest absolute Gasteiger partial charge is 0.257 e. The highest BCUT2D eigenvalue weighted by Gasteiger charge is 2.14. The van der Waals surface area contributed by atoms with Crippen molar-refractivity contribution in [3.05, 3.63) is 82.4 Å².